The molecule has 1 heterocycles. The summed E-state index contributed by atoms with van der Waals surface area (Å²) in [7, 11) is 4.06. The molecule has 18 heavy (non-hydrogen) atoms. The van der Waals surface area contributed by atoms with Crippen molar-refractivity contribution in [3.05, 3.63) is 24.0 Å². The molecule has 0 aromatic carbocycles. The molecule has 2 N–H and O–H groups in total. The Balaban J connectivity index is 2.96. The number of aromatic nitrogens is 1. The fraction of sp³-hybridized carbons (Fsp3) is 0.643. The van der Waals surface area contributed by atoms with Crippen molar-refractivity contribution in [2.24, 2.45) is 5.73 Å². The number of hydrogen-bond donors (Lipinski definition) is 1. The summed E-state index contributed by atoms with van der Waals surface area (Å²) in [4.78, 5) is 6.33. The van der Waals surface area contributed by atoms with Gasteiger partial charge < -0.3 is 15.4 Å². The highest BCUT2D eigenvalue weighted by molar-refractivity contribution is 5.28. The maximum Gasteiger partial charge on any atom is 0.138 e. The van der Waals surface area contributed by atoms with Crippen LogP contribution < -0.4 is 10.5 Å². The molecule has 0 amide bonds. The van der Waals surface area contributed by atoms with Crippen molar-refractivity contribution >= 4 is 0 Å². The molecule has 1 aromatic heterocycles. The summed E-state index contributed by atoms with van der Waals surface area (Å²) in [5, 5.41) is 0. The number of nitrogens with zero attached hydrogens (tertiary/aromatic N) is 2. The van der Waals surface area contributed by atoms with Gasteiger partial charge in [-0.2, -0.15) is 0 Å². The second-order valence-corrected chi connectivity index (χ2v) is 5.65. The van der Waals surface area contributed by atoms with Gasteiger partial charge in [0.15, 0.2) is 0 Å². The molecule has 1 unspecified atom stereocenters. The van der Waals surface area contributed by atoms with Gasteiger partial charge in [-0.1, -0.05) is 0 Å². The molecule has 0 radical (unpaired) electrons. The van der Waals surface area contributed by atoms with Gasteiger partial charge in [-0.05, 0) is 53.4 Å². The van der Waals surface area contributed by atoms with Gasteiger partial charge in [-0.15, -0.1) is 0 Å². The van der Waals surface area contributed by atoms with Crippen LogP contribution in [0.25, 0.3) is 0 Å². The van der Waals surface area contributed by atoms with Crippen LogP contribution in [0.5, 0.6) is 5.75 Å². The largest absolute Gasteiger partial charge is 0.489 e. The second kappa shape index (κ2) is 5.67. The molecular formula is C14H25N3O. The zero-order valence-corrected chi connectivity index (χ0v) is 12.3. The molecule has 0 fully saturated rings. The average Bonchev–Trinajstić information content (AvgIpc) is 2.27. The predicted molar refractivity (Wildman–Crippen MR) is 74.7 cm³/mol. The van der Waals surface area contributed by atoms with E-state index in [9.17, 15) is 0 Å². The van der Waals surface area contributed by atoms with E-state index in [1.165, 1.54) is 0 Å². The van der Waals surface area contributed by atoms with Crippen molar-refractivity contribution in [2.45, 2.75) is 45.4 Å². The highest BCUT2D eigenvalue weighted by Crippen LogP contribution is 2.28. The van der Waals surface area contributed by atoms with Gasteiger partial charge in [0.1, 0.15) is 5.75 Å². The Bertz CT molecular complexity index is 388. The van der Waals surface area contributed by atoms with Gasteiger partial charge >= 0.3 is 0 Å². The highest BCUT2D eigenvalue weighted by Gasteiger charge is 2.30. The molecule has 4 nitrogen and oxygen atoms in total. The van der Waals surface area contributed by atoms with Crippen LogP contribution in [0.3, 0.4) is 0 Å². The number of rotatable bonds is 5. The maximum absolute atomic E-state index is 6.34. The van der Waals surface area contributed by atoms with Crippen molar-refractivity contribution in [1.82, 2.24) is 9.88 Å². The van der Waals surface area contributed by atoms with Gasteiger partial charge in [0, 0.05) is 17.8 Å². The fourth-order valence-corrected chi connectivity index (χ4v) is 1.63. The lowest BCUT2D eigenvalue weighted by Gasteiger charge is -2.38. The minimum Gasteiger partial charge on any atom is -0.489 e. The molecule has 1 atom stereocenters. The molecule has 0 aliphatic carbocycles. The van der Waals surface area contributed by atoms with E-state index < -0.39 is 0 Å². The molecule has 0 aliphatic heterocycles. The van der Waals surface area contributed by atoms with E-state index >= 15 is 0 Å². The van der Waals surface area contributed by atoms with Crippen molar-refractivity contribution in [3.8, 4) is 5.75 Å². The Labute approximate surface area is 110 Å². The van der Waals surface area contributed by atoms with E-state index in [0.717, 1.165) is 11.3 Å². The summed E-state index contributed by atoms with van der Waals surface area (Å²) in [5.41, 5.74) is 7.19. The molecule has 4 heteroatoms. The number of hydrogen-bond acceptors (Lipinski definition) is 4. The van der Waals surface area contributed by atoms with E-state index in [0.29, 0.717) is 0 Å². The maximum atomic E-state index is 6.34. The summed E-state index contributed by atoms with van der Waals surface area (Å²) in [6, 6.07) is 1.86. The number of pyridine rings is 1. The second-order valence-electron chi connectivity index (χ2n) is 5.65. The summed E-state index contributed by atoms with van der Waals surface area (Å²) in [6.07, 6.45) is 3.67. The van der Waals surface area contributed by atoms with Gasteiger partial charge in [0.2, 0.25) is 0 Å². The topological polar surface area (TPSA) is 51.4 Å². The molecular weight excluding hydrogens is 226 g/mol. The molecule has 102 valence electrons. The summed E-state index contributed by atoms with van der Waals surface area (Å²) >= 11 is 0. The van der Waals surface area contributed by atoms with Crippen LogP contribution in [-0.2, 0) is 0 Å². The zero-order chi connectivity index (χ0) is 13.9. The first-order valence-corrected chi connectivity index (χ1v) is 6.29. The zero-order valence-electron chi connectivity index (χ0n) is 12.3. The quantitative estimate of drug-likeness (QED) is 0.871. The van der Waals surface area contributed by atoms with E-state index in [2.05, 4.69) is 23.7 Å². The first kappa shape index (κ1) is 14.9. The molecule has 0 bridgehead atoms. The lowest BCUT2D eigenvalue weighted by molar-refractivity contribution is 0.158. The van der Waals surface area contributed by atoms with Crippen LogP contribution in [0, 0.1) is 0 Å². The summed E-state index contributed by atoms with van der Waals surface area (Å²) in [5.74, 6) is 0.771. The smallest absolute Gasteiger partial charge is 0.138 e. The van der Waals surface area contributed by atoms with Crippen LogP contribution in [0.15, 0.2) is 18.5 Å². The third-order valence-electron chi connectivity index (χ3n) is 3.38. The minimum atomic E-state index is -0.141. The van der Waals surface area contributed by atoms with Crippen LogP contribution in [0.4, 0.5) is 0 Å². The van der Waals surface area contributed by atoms with Crippen molar-refractivity contribution in [1.29, 1.82) is 0 Å². The van der Waals surface area contributed by atoms with Gasteiger partial charge in [0.25, 0.3) is 0 Å². The lowest BCUT2D eigenvalue weighted by Crippen LogP contribution is -2.47. The van der Waals surface area contributed by atoms with Crippen molar-refractivity contribution < 1.29 is 4.74 Å². The van der Waals surface area contributed by atoms with Gasteiger partial charge in [-0.3, -0.25) is 4.98 Å². The molecule has 1 rings (SSSR count). The Morgan fingerprint density at radius 2 is 1.89 bits per heavy atom. The first-order valence-electron chi connectivity index (χ1n) is 6.29. The third kappa shape index (κ3) is 3.43. The Morgan fingerprint density at radius 1 is 1.28 bits per heavy atom. The number of ether oxygens (including phenoxy) is 1. The van der Waals surface area contributed by atoms with Crippen molar-refractivity contribution in [2.75, 3.05) is 14.1 Å². The van der Waals surface area contributed by atoms with Crippen molar-refractivity contribution in [3.63, 3.8) is 0 Å². The Kier molecular flexibility index (Phi) is 4.71. The van der Waals surface area contributed by atoms with Crippen LogP contribution in [-0.4, -0.2) is 35.6 Å². The summed E-state index contributed by atoms with van der Waals surface area (Å²) < 4.78 is 5.65. The predicted octanol–water partition coefficient (Wildman–Crippen LogP) is 2.21. The normalized spacial score (nSPS) is 14.1. The van der Waals surface area contributed by atoms with Gasteiger partial charge in [-0.25, -0.2) is 0 Å². The summed E-state index contributed by atoms with van der Waals surface area (Å²) in [6.45, 7) is 8.23. The molecule has 0 saturated heterocycles. The molecule has 0 spiro atoms. The van der Waals surface area contributed by atoms with E-state index in [1.807, 2.05) is 40.2 Å². The fourth-order valence-electron chi connectivity index (χ4n) is 1.63. The molecule has 0 aliphatic rings. The molecule has 0 saturated carbocycles. The lowest BCUT2D eigenvalue weighted by atomic mass is 9.89. The minimum absolute atomic E-state index is 0.115. The average molecular weight is 251 g/mol. The Morgan fingerprint density at radius 3 is 2.39 bits per heavy atom. The first-order chi connectivity index (χ1) is 8.25. The highest BCUT2D eigenvalue weighted by atomic mass is 16.5. The number of nitrogens with two attached hydrogens (primary N) is 1. The van der Waals surface area contributed by atoms with E-state index in [-0.39, 0.29) is 17.7 Å². The van der Waals surface area contributed by atoms with Gasteiger partial charge in [0.05, 0.1) is 12.3 Å². The van der Waals surface area contributed by atoms with Crippen LogP contribution in [0.1, 0.15) is 39.3 Å². The third-order valence-corrected chi connectivity index (χ3v) is 3.38. The number of likely N-dealkylation sites (N-methyl/N-ethyl adjacent to an activating group) is 1. The molecule has 1 aromatic rings. The van der Waals surface area contributed by atoms with Crippen LogP contribution >= 0.6 is 0 Å². The Hall–Kier alpha value is -1.13. The standard InChI is InChI=1S/C14H25N3O/c1-10(2)18-12-7-11(8-16-9-12)13(15)14(3,4)17(5)6/h7-10,13H,15H2,1-6H3. The monoisotopic (exact) mass is 251 g/mol. The van der Waals surface area contributed by atoms with E-state index in [1.54, 1.807) is 6.20 Å². The van der Waals surface area contributed by atoms with E-state index in [4.69, 9.17) is 10.5 Å². The van der Waals surface area contributed by atoms with Crippen LogP contribution in [0.2, 0.25) is 0 Å². The SMILES string of the molecule is CC(C)Oc1cncc(C(N)C(C)(C)N(C)C)c1.